The number of phenols is 2. The topological polar surface area (TPSA) is 117 Å². The van der Waals surface area contributed by atoms with Crippen LogP contribution in [0.15, 0.2) is 12.1 Å². The Hall–Kier alpha value is -2.78. The molecule has 2 heterocycles. The summed E-state index contributed by atoms with van der Waals surface area (Å²) in [5.41, 5.74) is 2.46. The number of aromatic hydroxyl groups is 2. The Morgan fingerprint density at radius 3 is 2.62 bits per heavy atom. The molecule has 1 aliphatic rings. The number of amides is 1. The van der Waals surface area contributed by atoms with Crippen LogP contribution < -0.4 is 10.1 Å². The highest BCUT2D eigenvalue weighted by Crippen LogP contribution is 2.34. The molecule has 0 unspecified atom stereocenters. The van der Waals surface area contributed by atoms with Crippen molar-refractivity contribution in [2.75, 3.05) is 38.7 Å². The summed E-state index contributed by atoms with van der Waals surface area (Å²) in [5, 5.41) is 23.6. The van der Waals surface area contributed by atoms with Crippen LogP contribution in [0.4, 0.5) is 5.82 Å². The van der Waals surface area contributed by atoms with Gasteiger partial charge < -0.3 is 29.9 Å². The van der Waals surface area contributed by atoms with Gasteiger partial charge in [-0.25, -0.2) is 0 Å². The molecular formula is C22H31ClN4O5. The van der Waals surface area contributed by atoms with Gasteiger partial charge in [0.15, 0.2) is 0 Å². The van der Waals surface area contributed by atoms with Gasteiger partial charge in [0, 0.05) is 38.2 Å². The summed E-state index contributed by atoms with van der Waals surface area (Å²) in [7, 11) is 1.60. The van der Waals surface area contributed by atoms with Crippen molar-refractivity contribution in [2.24, 2.45) is 0 Å². The minimum atomic E-state index is -0.298. The zero-order chi connectivity index (χ0) is 22.5. The van der Waals surface area contributed by atoms with E-state index in [-0.39, 0.29) is 47.3 Å². The van der Waals surface area contributed by atoms with E-state index in [9.17, 15) is 15.0 Å². The Morgan fingerprint density at radius 1 is 1.22 bits per heavy atom. The molecule has 0 bridgehead atoms. The lowest BCUT2D eigenvalue weighted by Crippen LogP contribution is -2.37. The van der Waals surface area contributed by atoms with Crippen molar-refractivity contribution in [3.8, 4) is 17.5 Å². The molecule has 1 amide bonds. The monoisotopic (exact) mass is 466 g/mol. The van der Waals surface area contributed by atoms with Crippen molar-refractivity contribution in [1.29, 1.82) is 0 Å². The molecule has 0 spiro atoms. The molecule has 0 aliphatic carbocycles. The quantitative estimate of drug-likeness (QED) is 0.508. The second kappa shape index (κ2) is 11.2. The number of hydrogen-bond acceptors (Lipinski definition) is 8. The number of aromatic nitrogens is 2. The normalized spacial score (nSPS) is 12.8. The Balaban J connectivity index is 0.00000363. The van der Waals surface area contributed by atoms with Crippen molar-refractivity contribution in [3.05, 3.63) is 34.5 Å². The molecule has 3 rings (SSSR count). The number of anilines is 1. The highest BCUT2D eigenvalue weighted by molar-refractivity contribution is 5.97. The van der Waals surface area contributed by atoms with E-state index in [1.165, 1.54) is 6.07 Å². The zero-order valence-electron chi connectivity index (χ0n) is 18.8. The number of methoxy groups -OCH3 is 1. The predicted molar refractivity (Wildman–Crippen MR) is 123 cm³/mol. The van der Waals surface area contributed by atoms with Gasteiger partial charge in [-0.05, 0) is 24.5 Å². The van der Waals surface area contributed by atoms with E-state index in [0.29, 0.717) is 50.7 Å². The number of nitrogens with zero attached hydrogens (tertiary/aromatic N) is 3. The lowest BCUT2D eigenvalue weighted by Gasteiger charge is -2.30. The number of benzene rings is 1. The van der Waals surface area contributed by atoms with Gasteiger partial charge in [-0.3, -0.25) is 4.79 Å². The van der Waals surface area contributed by atoms with Crippen molar-refractivity contribution < 1.29 is 24.5 Å². The fourth-order valence-corrected chi connectivity index (χ4v) is 3.56. The standard InChI is InChI=1S/C22H30N4O5.ClH/c1-5-23-20-16-12-26(7-6-17(16)24-22(25-20)31-9-8-30-4)21(29)15-10-14(13(2)3)18(27)11-19(15)28;/h10-11,13,27-28H,5-9,12H2,1-4H3,(H,23,24,25);1H. The molecule has 0 saturated heterocycles. The number of nitrogens with one attached hydrogen (secondary N) is 1. The van der Waals surface area contributed by atoms with Gasteiger partial charge in [-0.15, -0.1) is 12.4 Å². The molecule has 2 aromatic rings. The summed E-state index contributed by atoms with van der Waals surface area (Å²) in [6.07, 6.45) is 0.540. The minimum absolute atomic E-state index is 0. The van der Waals surface area contributed by atoms with E-state index in [1.807, 2.05) is 20.8 Å². The van der Waals surface area contributed by atoms with Crippen LogP contribution in [0.5, 0.6) is 17.5 Å². The maximum absolute atomic E-state index is 13.2. The minimum Gasteiger partial charge on any atom is -0.508 e. The van der Waals surface area contributed by atoms with Crippen LogP contribution in [0.2, 0.25) is 0 Å². The van der Waals surface area contributed by atoms with Gasteiger partial charge in [0.1, 0.15) is 23.9 Å². The molecule has 9 nitrogen and oxygen atoms in total. The number of phenolic OH excluding ortho intramolecular Hbond substituents is 2. The maximum atomic E-state index is 13.2. The molecule has 3 N–H and O–H groups in total. The van der Waals surface area contributed by atoms with E-state index < -0.39 is 0 Å². The highest BCUT2D eigenvalue weighted by atomic mass is 35.5. The van der Waals surface area contributed by atoms with Crippen LogP contribution in [-0.2, 0) is 17.7 Å². The van der Waals surface area contributed by atoms with Gasteiger partial charge in [0.2, 0.25) is 0 Å². The largest absolute Gasteiger partial charge is 0.508 e. The zero-order valence-corrected chi connectivity index (χ0v) is 19.7. The molecule has 0 radical (unpaired) electrons. The molecule has 1 aromatic heterocycles. The summed E-state index contributed by atoms with van der Waals surface area (Å²) >= 11 is 0. The Kier molecular flexibility index (Phi) is 8.91. The van der Waals surface area contributed by atoms with Crippen LogP contribution in [0.1, 0.15) is 53.9 Å². The number of hydrogen-bond donors (Lipinski definition) is 3. The molecule has 176 valence electrons. The van der Waals surface area contributed by atoms with E-state index >= 15 is 0 Å². The number of fused-ring (bicyclic) bond motifs is 1. The fourth-order valence-electron chi connectivity index (χ4n) is 3.56. The van der Waals surface area contributed by atoms with Gasteiger partial charge in [0.25, 0.3) is 5.91 Å². The number of carbonyl (C=O) groups is 1. The molecule has 10 heteroatoms. The number of rotatable bonds is 8. The second-order valence-corrected chi connectivity index (χ2v) is 7.71. The van der Waals surface area contributed by atoms with Crippen molar-refractivity contribution >= 4 is 24.1 Å². The van der Waals surface area contributed by atoms with Crippen molar-refractivity contribution in [3.63, 3.8) is 0 Å². The van der Waals surface area contributed by atoms with Crippen LogP contribution in [0.3, 0.4) is 0 Å². The number of ether oxygens (including phenoxy) is 2. The number of halogens is 1. The Morgan fingerprint density at radius 2 is 1.97 bits per heavy atom. The summed E-state index contributed by atoms with van der Waals surface area (Å²) in [6, 6.07) is 3.09. The molecule has 0 saturated carbocycles. The summed E-state index contributed by atoms with van der Waals surface area (Å²) in [6.45, 7) is 8.01. The maximum Gasteiger partial charge on any atom is 0.318 e. The number of carbonyl (C=O) groups excluding carboxylic acids is 1. The van der Waals surface area contributed by atoms with Gasteiger partial charge in [0.05, 0.1) is 24.4 Å². The smallest absolute Gasteiger partial charge is 0.318 e. The first-order chi connectivity index (χ1) is 14.8. The average molecular weight is 467 g/mol. The Labute approximate surface area is 194 Å². The highest BCUT2D eigenvalue weighted by Gasteiger charge is 2.28. The third-order valence-corrected chi connectivity index (χ3v) is 5.19. The predicted octanol–water partition coefficient (Wildman–Crippen LogP) is 3.09. The SMILES string of the molecule is CCNc1nc(OCCOC)nc2c1CN(C(=O)c1cc(C(C)C)c(O)cc1O)CC2.Cl. The second-order valence-electron chi connectivity index (χ2n) is 7.71. The molecule has 1 aliphatic heterocycles. The fraction of sp³-hybridized carbons (Fsp3) is 0.500. The van der Waals surface area contributed by atoms with E-state index in [0.717, 1.165) is 11.3 Å². The molecule has 32 heavy (non-hydrogen) atoms. The third kappa shape index (κ3) is 5.52. The van der Waals surface area contributed by atoms with Crippen LogP contribution in [0.25, 0.3) is 0 Å². The van der Waals surface area contributed by atoms with Crippen molar-refractivity contribution in [1.82, 2.24) is 14.9 Å². The van der Waals surface area contributed by atoms with Crippen molar-refractivity contribution in [2.45, 2.75) is 39.7 Å². The first-order valence-electron chi connectivity index (χ1n) is 10.5. The van der Waals surface area contributed by atoms with Crippen LogP contribution >= 0.6 is 12.4 Å². The summed E-state index contributed by atoms with van der Waals surface area (Å²) in [4.78, 5) is 23.8. The average Bonchev–Trinajstić information content (AvgIpc) is 2.73. The lowest BCUT2D eigenvalue weighted by molar-refractivity contribution is 0.0730. The summed E-state index contributed by atoms with van der Waals surface area (Å²) in [5.74, 6) is 0.0993. The molecular weight excluding hydrogens is 436 g/mol. The van der Waals surface area contributed by atoms with E-state index in [2.05, 4.69) is 15.3 Å². The van der Waals surface area contributed by atoms with Crippen LogP contribution in [-0.4, -0.2) is 64.4 Å². The summed E-state index contributed by atoms with van der Waals surface area (Å²) < 4.78 is 10.6. The van der Waals surface area contributed by atoms with Gasteiger partial charge in [-0.2, -0.15) is 9.97 Å². The van der Waals surface area contributed by atoms with E-state index in [1.54, 1.807) is 18.1 Å². The van der Waals surface area contributed by atoms with Gasteiger partial charge in [-0.1, -0.05) is 13.8 Å². The first kappa shape index (κ1) is 25.5. The van der Waals surface area contributed by atoms with E-state index in [4.69, 9.17) is 9.47 Å². The molecule has 0 atom stereocenters. The van der Waals surface area contributed by atoms with Crippen LogP contribution in [0, 0.1) is 0 Å². The third-order valence-electron chi connectivity index (χ3n) is 5.19. The first-order valence-corrected chi connectivity index (χ1v) is 10.5. The molecule has 1 aromatic carbocycles. The molecule has 0 fully saturated rings. The Bertz CT molecular complexity index is 954. The lowest BCUT2D eigenvalue weighted by atomic mass is 9.97. The van der Waals surface area contributed by atoms with Gasteiger partial charge >= 0.3 is 6.01 Å².